The van der Waals surface area contributed by atoms with Crippen molar-refractivity contribution in [2.45, 2.75) is 6.92 Å². The maximum absolute atomic E-state index is 11.8. The van der Waals surface area contributed by atoms with E-state index in [1.807, 2.05) is 41.9 Å². The summed E-state index contributed by atoms with van der Waals surface area (Å²) in [5.41, 5.74) is 1.79. The fraction of sp³-hybridized carbons (Fsp3) is 0.133. The zero-order valence-electron chi connectivity index (χ0n) is 11.2. The molecule has 0 atom stereocenters. The van der Waals surface area contributed by atoms with E-state index in [1.54, 1.807) is 12.1 Å². The van der Waals surface area contributed by atoms with Crippen LogP contribution in [0.2, 0.25) is 0 Å². The first-order valence-electron chi connectivity index (χ1n) is 6.29. The Hall–Kier alpha value is -2.65. The molecule has 104 valence electrons. The maximum Gasteiger partial charge on any atom is 0.349 e. The predicted molar refractivity (Wildman–Crippen MR) is 79.6 cm³/mol. The van der Waals surface area contributed by atoms with Gasteiger partial charge in [0.2, 0.25) is 0 Å². The summed E-state index contributed by atoms with van der Waals surface area (Å²) in [4.78, 5) is 13.2. The van der Waals surface area contributed by atoms with Gasteiger partial charge in [0.15, 0.2) is 6.61 Å². The van der Waals surface area contributed by atoms with E-state index in [2.05, 4.69) is 5.10 Å². The van der Waals surface area contributed by atoms with Gasteiger partial charge in [0.05, 0.1) is 11.4 Å². The highest BCUT2D eigenvalue weighted by atomic mass is 32.1. The molecule has 1 aromatic carbocycles. The van der Waals surface area contributed by atoms with E-state index < -0.39 is 5.97 Å². The van der Waals surface area contributed by atoms with E-state index in [4.69, 9.17) is 10.00 Å². The Balaban J connectivity index is 2.07. The molecule has 0 bridgehead atoms. The number of fused-ring (bicyclic) bond motifs is 1. The van der Waals surface area contributed by atoms with Crippen LogP contribution in [0.3, 0.4) is 0 Å². The average Bonchev–Trinajstić information content (AvgIpc) is 3.07. The molecule has 0 aliphatic heterocycles. The molecule has 0 amide bonds. The van der Waals surface area contributed by atoms with E-state index in [1.165, 1.54) is 11.3 Å². The van der Waals surface area contributed by atoms with Gasteiger partial charge in [-0.25, -0.2) is 9.48 Å². The van der Waals surface area contributed by atoms with E-state index in [-0.39, 0.29) is 6.61 Å². The molecule has 0 aliphatic carbocycles. The number of esters is 1. The van der Waals surface area contributed by atoms with Crippen LogP contribution in [0.4, 0.5) is 0 Å². The number of aromatic nitrogens is 2. The number of ether oxygens (including phenoxy) is 1. The van der Waals surface area contributed by atoms with Crippen molar-refractivity contribution in [2.24, 2.45) is 0 Å². The number of benzene rings is 1. The number of nitrogens with zero attached hydrogens (tertiary/aromatic N) is 3. The summed E-state index contributed by atoms with van der Waals surface area (Å²) in [5.74, 6) is -0.475. The quantitative estimate of drug-likeness (QED) is 0.697. The van der Waals surface area contributed by atoms with Crippen LogP contribution in [0.5, 0.6) is 0 Å². The molecule has 21 heavy (non-hydrogen) atoms. The summed E-state index contributed by atoms with van der Waals surface area (Å²) in [7, 11) is 0. The van der Waals surface area contributed by atoms with Gasteiger partial charge in [-0.2, -0.15) is 10.4 Å². The summed E-state index contributed by atoms with van der Waals surface area (Å²) < 4.78 is 6.66. The summed E-state index contributed by atoms with van der Waals surface area (Å²) in [6.45, 7) is 1.66. The van der Waals surface area contributed by atoms with Gasteiger partial charge in [-0.1, -0.05) is 18.2 Å². The molecule has 0 saturated heterocycles. The molecule has 2 heterocycles. The molecular weight excluding hydrogens is 286 g/mol. The van der Waals surface area contributed by atoms with Gasteiger partial charge >= 0.3 is 5.97 Å². The summed E-state index contributed by atoms with van der Waals surface area (Å²) in [6.07, 6.45) is 0. The summed E-state index contributed by atoms with van der Waals surface area (Å²) >= 11 is 1.31. The lowest BCUT2D eigenvalue weighted by atomic mass is 10.3. The van der Waals surface area contributed by atoms with E-state index in [0.29, 0.717) is 4.88 Å². The molecule has 0 fully saturated rings. The van der Waals surface area contributed by atoms with Crippen molar-refractivity contribution in [2.75, 3.05) is 6.61 Å². The predicted octanol–water partition coefficient (Wildman–Crippen LogP) is 3.08. The third-order valence-electron chi connectivity index (χ3n) is 3.01. The smallest absolute Gasteiger partial charge is 0.349 e. The fourth-order valence-electron chi connectivity index (χ4n) is 2.06. The lowest BCUT2D eigenvalue weighted by molar-refractivity contribution is 0.0561. The number of aryl methyl sites for hydroxylation is 1. The van der Waals surface area contributed by atoms with Crippen molar-refractivity contribution in [1.82, 2.24) is 9.78 Å². The SMILES string of the molecule is Cc1nn(-c2ccccc2)c2sc(C(=O)OCC#N)cc12. The van der Waals surface area contributed by atoms with Crippen molar-refractivity contribution in [3.05, 3.63) is 47.0 Å². The van der Waals surface area contributed by atoms with E-state index in [0.717, 1.165) is 21.6 Å². The van der Waals surface area contributed by atoms with Gasteiger partial charge in [0, 0.05) is 5.39 Å². The Labute approximate surface area is 125 Å². The van der Waals surface area contributed by atoms with Crippen molar-refractivity contribution in [1.29, 1.82) is 5.26 Å². The normalized spacial score (nSPS) is 10.5. The summed E-state index contributed by atoms with van der Waals surface area (Å²) in [5, 5.41) is 13.9. The largest absolute Gasteiger partial charge is 0.446 e. The minimum atomic E-state index is -0.475. The third kappa shape index (κ3) is 2.39. The lowest BCUT2D eigenvalue weighted by Gasteiger charge is -2.01. The Bertz CT molecular complexity index is 843. The van der Waals surface area contributed by atoms with Crippen molar-refractivity contribution < 1.29 is 9.53 Å². The number of thiophene rings is 1. The average molecular weight is 297 g/mol. The number of hydrogen-bond acceptors (Lipinski definition) is 5. The topological polar surface area (TPSA) is 67.9 Å². The number of nitriles is 1. The molecular formula is C15H11N3O2S. The van der Waals surface area contributed by atoms with Gasteiger partial charge < -0.3 is 4.74 Å². The van der Waals surface area contributed by atoms with Crippen LogP contribution >= 0.6 is 11.3 Å². The van der Waals surface area contributed by atoms with Crippen molar-refractivity contribution >= 4 is 27.5 Å². The number of carbonyl (C=O) groups is 1. The Morgan fingerprint density at radius 1 is 1.43 bits per heavy atom. The van der Waals surface area contributed by atoms with Gasteiger partial charge in [-0.05, 0) is 25.1 Å². The zero-order chi connectivity index (χ0) is 14.8. The number of para-hydroxylation sites is 1. The molecule has 3 aromatic rings. The highest BCUT2D eigenvalue weighted by molar-refractivity contribution is 7.20. The second kappa shape index (κ2) is 5.38. The Morgan fingerprint density at radius 2 is 2.19 bits per heavy atom. The van der Waals surface area contributed by atoms with Gasteiger partial charge in [-0.15, -0.1) is 11.3 Å². The first kappa shape index (κ1) is 13.3. The minimum Gasteiger partial charge on any atom is -0.446 e. The molecule has 3 rings (SSSR count). The highest BCUT2D eigenvalue weighted by Gasteiger charge is 2.17. The van der Waals surface area contributed by atoms with Crippen LogP contribution in [0, 0.1) is 18.3 Å². The van der Waals surface area contributed by atoms with Gasteiger partial charge in [0.25, 0.3) is 0 Å². The van der Waals surface area contributed by atoms with Crippen molar-refractivity contribution in [3.8, 4) is 11.8 Å². The van der Waals surface area contributed by atoms with Crippen molar-refractivity contribution in [3.63, 3.8) is 0 Å². The Morgan fingerprint density at radius 3 is 2.90 bits per heavy atom. The van der Waals surface area contributed by atoms with Crippen LogP contribution < -0.4 is 0 Å². The number of hydrogen-bond donors (Lipinski definition) is 0. The molecule has 0 spiro atoms. The first-order chi connectivity index (χ1) is 10.2. The van der Waals surface area contributed by atoms with Crippen LogP contribution in [0.1, 0.15) is 15.4 Å². The fourth-order valence-corrected chi connectivity index (χ4v) is 3.14. The molecule has 2 aromatic heterocycles. The molecule has 0 aliphatic rings. The monoisotopic (exact) mass is 297 g/mol. The lowest BCUT2D eigenvalue weighted by Crippen LogP contribution is -2.02. The molecule has 6 heteroatoms. The van der Waals surface area contributed by atoms with Crippen LogP contribution in [0.25, 0.3) is 15.9 Å². The van der Waals surface area contributed by atoms with Crippen LogP contribution in [0.15, 0.2) is 36.4 Å². The minimum absolute atomic E-state index is 0.239. The number of carbonyl (C=O) groups excluding carboxylic acids is 1. The Kier molecular flexibility index (Phi) is 3.42. The van der Waals surface area contributed by atoms with Crippen LogP contribution in [-0.2, 0) is 4.74 Å². The van der Waals surface area contributed by atoms with Gasteiger partial charge in [-0.3, -0.25) is 0 Å². The highest BCUT2D eigenvalue weighted by Crippen LogP contribution is 2.30. The molecule has 0 unspecified atom stereocenters. The number of rotatable bonds is 3. The van der Waals surface area contributed by atoms with E-state index in [9.17, 15) is 4.79 Å². The second-order valence-electron chi connectivity index (χ2n) is 4.40. The molecule has 0 N–H and O–H groups in total. The summed E-state index contributed by atoms with van der Waals surface area (Å²) in [6, 6.07) is 13.3. The zero-order valence-corrected chi connectivity index (χ0v) is 12.1. The molecule has 0 saturated carbocycles. The standard InChI is InChI=1S/C15H11N3O2S/c1-10-12-9-13(15(19)20-8-7-16)21-14(12)18(17-10)11-5-3-2-4-6-11/h2-6,9H,8H2,1H3. The first-order valence-corrected chi connectivity index (χ1v) is 7.11. The maximum atomic E-state index is 11.8. The third-order valence-corrected chi connectivity index (χ3v) is 4.11. The second-order valence-corrected chi connectivity index (χ2v) is 5.43. The van der Waals surface area contributed by atoms with Gasteiger partial charge in [0.1, 0.15) is 15.8 Å². The molecule has 0 radical (unpaired) electrons. The van der Waals surface area contributed by atoms with E-state index >= 15 is 0 Å². The van der Waals surface area contributed by atoms with Crippen LogP contribution in [-0.4, -0.2) is 22.4 Å². The molecule has 5 nitrogen and oxygen atoms in total.